The number of benzene rings is 3. The largest absolute Gasteiger partial charge is 0.325 e. The Morgan fingerprint density at radius 3 is 2.55 bits per heavy atom. The van der Waals surface area contributed by atoms with Crippen molar-refractivity contribution in [1.82, 2.24) is 14.8 Å². The molecule has 1 amide bonds. The van der Waals surface area contributed by atoms with Crippen LogP contribution in [0, 0.1) is 13.8 Å². The van der Waals surface area contributed by atoms with Gasteiger partial charge >= 0.3 is 0 Å². The first-order chi connectivity index (χ1) is 15.1. The van der Waals surface area contributed by atoms with Crippen LogP contribution < -0.4 is 5.32 Å². The van der Waals surface area contributed by atoms with Gasteiger partial charge in [-0.2, -0.15) is 0 Å². The van der Waals surface area contributed by atoms with Crippen molar-refractivity contribution in [2.75, 3.05) is 11.1 Å². The van der Waals surface area contributed by atoms with Crippen LogP contribution in [-0.4, -0.2) is 26.4 Å². The van der Waals surface area contributed by atoms with Gasteiger partial charge in [-0.3, -0.25) is 9.36 Å². The molecule has 4 rings (SSSR count). The summed E-state index contributed by atoms with van der Waals surface area (Å²) in [5.41, 5.74) is 6.57. The van der Waals surface area contributed by atoms with Crippen molar-refractivity contribution in [2.24, 2.45) is 0 Å². The van der Waals surface area contributed by atoms with Gasteiger partial charge in [-0.15, -0.1) is 10.2 Å². The first-order valence-corrected chi connectivity index (χ1v) is 11.1. The van der Waals surface area contributed by atoms with E-state index in [-0.39, 0.29) is 11.7 Å². The predicted octanol–water partition coefficient (Wildman–Crippen LogP) is 5.21. The molecule has 0 fully saturated rings. The number of para-hydroxylation sites is 1. The summed E-state index contributed by atoms with van der Waals surface area (Å²) in [5, 5.41) is 12.0. The molecule has 0 bridgehead atoms. The molecule has 0 aliphatic carbocycles. The lowest BCUT2D eigenvalue weighted by Crippen LogP contribution is -2.16. The Morgan fingerprint density at radius 1 is 0.968 bits per heavy atom. The summed E-state index contributed by atoms with van der Waals surface area (Å²) in [6.45, 7) is 4.16. The van der Waals surface area contributed by atoms with E-state index < -0.39 is 0 Å². The normalized spacial score (nSPS) is 10.8. The number of rotatable bonds is 7. The number of carbonyl (C=O) groups is 1. The molecule has 156 valence electrons. The number of nitrogens with zero attached hydrogens (tertiary/aromatic N) is 3. The molecule has 1 N–H and O–H groups in total. The highest BCUT2D eigenvalue weighted by Gasteiger charge is 2.12. The van der Waals surface area contributed by atoms with E-state index in [1.54, 1.807) is 6.33 Å². The van der Waals surface area contributed by atoms with Crippen molar-refractivity contribution < 1.29 is 4.79 Å². The third kappa shape index (κ3) is 5.22. The van der Waals surface area contributed by atoms with Crippen LogP contribution in [0.1, 0.15) is 22.3 Å². The molecular weight excluding hydrogens is 404 g/mol. The topological polar surface area (TPSA) is 59.8 Å². The fraction of sp³-hybridized carbons (Fsp3) is 0.160. The van der Waals surface area contributed by atoms with Gasteiger partial charge in [0.2, 0.25) is 5.91 Å². The van der Waals surface area contributed by atoms with Gasteiger partial charge in [0.05, 0.1) is 5.75 Å². The lowest BCUT2D eigenvalue weighted by molar-refractivity contribution is -0.113. The Morgan fingerprint density at radius 2 is 1.74 bits per heavy atom. The highest BCUT2D eigenvalue weighted by Crippen LogP contribution is 2.23. The average molecular weight is 429 g/mol. The lowest BCUT2D eigenvalue weighted by Gasteiger charge is -2.12. The second-order valence-electron chi connectivity index (χ2n) is 7.41. The summed E-state index contributed by atoms with van der Waals surface area (Å²) in [5.74, 6) is 0.184. The number of thioether (sulfide) groups is 1. The summed E-state index contributed by atoms with van der Waals surface area (Å²) in [6, 6.07) is 24.4. The molecule has 3 aromatic carbocycles. The smallest absolute Gasteiger partial charge is 0.234 e. The maximum absolute atomic E-state index is 12.7. The molecule has 0 saturated heterocycles. The van der Waals surface area contributed by atoms with E-state index in [9.17, 15) is 4.79 Å². The van der Waals surface area contributed by atoms with Gasteiger partial charge in [0.15, 0.2) is 5.16 Å². The van der Waals surface area contributed by atoms with Crippen molar-refractivity contribution in [2.45, 2.75) is 25.4 Å². The van der Waals surface area contributed by atoms with Crippen molar-refractivity contribution in [3.05, 3.63) is 101 Å². The molecule has 0 spiro atoms. The van der Waals surface area contributed by atoms with E-state index in [0.717, 1.165) is 23.4 Å². The average Bonchev–Trinajstić information content (AvgIpc) is 3.25. The molecular formula is C25H24N4OS. The number of hydrogen-bond donors (Lipinski definition) is 1. The Kier molecular flexibility index (Phi) is 6.48. The summed E-state index contributed by atoms with van der Waals surface area (Å²) in [7, 11) is 0. The zero-order valence-corrected chi connectivity index (χ0v) is 18.4. The predicted molar refractivity (Wildman–Crippen MR) is 126 cm³/mol. The molecule has 0 saturated carbocycles. The molecule has 0 aliphatic rings. The monoisotopic (exact) mass is 428 g/mol. The van der Waals surface area contributed by atoms with E-state index in [0.29, 0.717) is 5.16 Å². The third-order valence-electron chi connectivity index (χ3n) is 5.15. The lowest BCUT2D eigenvalue weighted by atomic mass is 10.0. The van der Waals surface area contributed by atoms with E-state index in [1.165, 1.54) is 28.5 Å². The Labute approximate surface area is 186 Å². The van der Waals surface area contributed by atoms with Gasteiger partial charge in [0.1, 0.15) is 6.33 Å². The minimum absolute atomic E-state index is 0.0693. The molecule has 0 unspecified atom stereocenters. The standard InChI is InChI=1S/C25H24N4OS/c1-18-12-13-22(14-19(18)2)29-17-26-28-25(29)31-16-24(30)27-23-11-7-6-10-21(23)15-20-8-4-3-5-9-20/h3-14,17H,15-16H2,1-2H3,(H,27,30). The Balaban J connectivity index is 1.42. The van der Waals surface area contributed by atoms with Crippen LogP contribution in [0.3, 0.4) is 0 Å². The molecule has 31 heavy (non-hydrogen) atoms. The minimum atomic E-state index is -0.0693. The molecule has 0 radical (unpaired) electrons. The number of carbonyl (C=O) groups excluding carboxylic acids is 1. The van der Waals surface area contributed by atoms with Crippen LogP contribution >= 0.6 is 11.8 Å². The molecule has 6 heteroatoms. The zero-order valence-electron chi connectivity index (χ0n) is 17.6. The first kappa shape index (κ1) is 20.9. The van der Waals surface area contributed by atoms with Gasteiger partial charge in [-0.25, -0.2) is 0 Å². The second kappa shape index (κ2) is 9.62. The van der Waals surface area contributed by atoms with Crippen molar-refractivity contribution in [1.29, 1.82) is 0 Å². The van der Waals surface area contributed by atoms with Crippen molar-refractivity contribution in [3.63, 3.8) is 0 Å². The van der Waals surface area contributed by atoms with Crippen LogP contribution in [0.25, 0.3) is 5.69 Å². The van der Waals surface area contributed by atoms with Crippen LogP contribution in [0.4, 0.5) is 5.69 Å². The maximum atomic E-state index is 12.7. The number of aryl methyl sites for hydroxylation is 2. The van der Waals surface area contributed by atoms with Crippen LogP contribution in [0.5, 0.6) is 0 Å². The Hall–Kier alpha value is -3.38. The van der Waals surface area contributed by atoms with Gasteiger partial charge in [-0.1, -0.05) is 66.4 Å². The Bertz CT molecular complexity index is 1190. The van der Waals surface area contributed by atoms with Gasteiger partial charge < -0.3 is 5.32 Å². The molecule has 4 aromatic rings. The van der Waals surface area contributed by atoms with Crippen molar-refractivity contribution in [3.8, 4) is 5.69 Å². The quantitative estimate of drug-likeness (QED) is 0.411. The molecule has 0 aliphatic heterocycles. The first-order valence-electron chi connectivity index (χ1n) is 10.1. The van der Waals surface area contributed by atoms with Gasteiger partial charge in [0, 0.05) is 11.4 Å². The fourth-order valence-corrected chi connectivity index (χ4v) is 4.03. The molecule has 5 nitrogen and oxygen atoms in total. The second-order valence-corrected chi connectivity index (χ2v) is 8.35. The highest BCUT2D eigenvalue weighted by atomic mass is 32.2. The highest BCUT2D eigenvalue weighted by molar-refractivity contribution is 7.99. The number of aromatic nitrogens is 3. The minimum Gasteiger partial charge on any atom is -0.325 e. The molecule has 1 heterocycles. The molecule has 0 atom stereocenters. The number of hydrogen-bond acceptors (Lipinski definition) is 4. The fourth-order valence-electron chi connectivity index (χ4n) is 3.30. The number of amides is 1. The molecule has 1 aromatic heterocycles. The van der Waals surface area contributed by atoms with Crippen molar-refractivity contribution >= 4 is 23.4 Å². The van der Waals surface area contributed by atoms with Gasteiger partial charge in [0.25, 0.3) is 0 Å². The number of nitrogens with one attached hydrogen (secondary N) is 1. The maximum Gasteiger partial charge on any atom is 0.234 e. The third-order valence-corrected chi connectivity index (χ3v) is 6.09. The summed E-state index contributed by atoms with van der Waals surface area (Å²) >= 11 is 1.37. The summed E-state index contributed by atoms with van der Waals surface area (Å²) < 4.78 is 1.91. The van der Waals surface area contributed by atoms with Crippen LogP contribution in [0.2, 0.25) is 0 Å². The van der Waals surface area contributed by atoms with E-state index in [2.05, 4.69) is 53.6 Å². The van der Waals surface area contributed by atoms with E-state index in [4.69, 9.17) is 0 Å². The summed E-state index contributed by atoms with van der Waals surface area (Å²) in [6.07, 6.45) is 2.45. The summed E-state index contributed by atoms with van der Waals surface area (Å²) in [4.78, 5) is 12.7. The number of anilines is 1. The van der Waals surface area contributed by atoms with Crippen LogP contribution in [-0.2, 0) is 11.2 Å². The van der Waals surface area contributed by atoms with E-state index >= 15 is 0 Å². The van der Waals surface area contributed by atoms with Crippen LogP contribution in [0.15, 0.2) is 84.3 Å². The van der Waals surface area contributed by atoms with Gasteiger partial charge in [-0.05, 0) is 60.7 Å². The zero-order chi connectivity index (χ0) is 21.6. The van der Waals surface area contributed by atoms with E-state index in [1.807, 2.05) is 53.1 Å². The SMILES string of the molecule is Cc1ccc(-n2cnnc2SCC(=O)Nc2ccccc2Cc2ccccc2)cc1C.